The van der Waals surface area contributed by atoms with Crippen LogP contribution < -0.4 is 4.31 Å². The van der Waals surface area contributed by atoms with Gasteiger partial charge in [-0.15, -0.1) is 0 Å². The van der Waals surface area contributed by atoms with Crippen LogP contribution in [0.15, 0.2) is 35.7 Å². The highest BCUT2D eigenvalue weighted by Crippen LogP contribution is 2.22. The lowest BCUT2D eigenvalue weighted by Crippen LogP contribution is -2.27. The molecule has 1 aromatic carbocycles. The third kappa shape index (κ3) is 2.24. The van der Waals surface area contributed by atoms with Gasteiger partial charge in [0.2, 0.25) is 0 Å². The Hall–Kier alpha value is -1.82. The van der Waals surface area contributed by atoms with Crippen LogP contribution in [0.1, 0.15) is 11.1 Å². The lowest BCUT2D eigenvalue weighted by atomic mass is 10.1. The topological polar surface area (TPSA) is 66.1 Å². The van der Waals surface area contributed by atoms with Gasteiger partial charge >= 0.3 is 0 Å². The van der Waals surface area contributed by atoms with Crippen molar-refractivity contribution < 1.29 is 8.42 Å². The van der Waals surface area contributed by atoms with E-state index in [1.165, 1.54) is 23.9 Å². The molecule has 1 aromatic heterocycles. The number of anilines is 1. The van der Waals surface area contributed by atoms with Crippen LogP contribution in [0.3, 0.4) is 0 Å². The van der Waals surface area contributed by atoms with Crippen LogP contribution in [-0.4, -0.2) is 25.4 Å². The number of rotatable bonds is 3. The largest absolute Gasteiger partial charge is 0.334 e. The molecular formula is C12H15N3O2S. The van der Waals surface area contributed by atoms with Crippen molar-refractivity contribution in [2.45, 2.75) is 18.9 Å². The van der Waals surface area contributed by atoms with Gasteiger partial charge in [0.05, 0.1) is 18.2 Å². The van der Waals surface area contributed by atoms with Crippen molar-refractivity contribution in [2.24, 2.45) is 0 Å². The fraction of sp³-hybridized carbons (Fsp3) is 0.250. The molecule has 0 saturated heterocycles. The predicted molar refractivity (Wildman–Crippen MR) is 70.1 cm³/mol. The minimum absolute atomic E-state index is 0.0872. The van der Waals surface area contributed by atoms with Crippen LogP contribution in [0.2, 0.25) is 0 Å². The number of sulfonamides is 1. The molecule has 5 nitrogen and oxygen atoms in total. The predicted octanol–water partition coefficient (Wildman–Crippen LogP) is 1.85. The van der Waals surface area contributed by atoms with Gasteiger partial charge in [0.25, 0.3) is 10.0 Å². The molecule has 2 rings (SSSR count). The first-order valence-corrected chi connectivity index (χ1v) is 6.91. The highest BCUT2D eigenvalue weighted by atomic mass is 32.2. The van der Waals surface area contributed by atoms with E-state index < -0.39 is 10.0 Å². The van der Waals surface area contributed by atoms with Crippen molar-refractivity contribution in [2.75, 3.05) is 11.4 Å². The van der Waals surface area contributed by atoms with Gasteiger partial charge in [-0.2, -0.15) is 8.42 Å². The molecule has 0 bridgehead atoms. The quantitative estimate of drug-likeness (QED) is 0.921. The molecule has 0 unspecified atom stereocenters. The maximum Gasteiger partial charge on any atom is 0.281 e. The van der Waals surface area contributed by atoms with Crippen LogP contribution >= 0.6 is 0 Å². The summed E-state index contributed by atoms with van der Waals surface area (Å²) < 4.78 is 25.8. The van der Waals surface area contributed by atoms with Crippen LogP contribution in [0, 0.1) is 13.8 Å². The van der Waals surface area contributed by atoms with Crippen LogP contribution in [0.5, 0.6) is 0 Å². The molecular weight excluding hydrogens is 250 g/mol. The Kier molecular flexibility index (Phi) is 3.13. The molecule has 0 aliphatic rings. The molecule has 18 heavy (non-hydrogen) atoms. The first kappa shape index (κ1) is 12.6. The van der Waals surface area contributed by atoms with Crippen molar-refractivity contribution in [1.82, 2.24) is 9.97 Å². The second-order valence-corrected chi connectivity index (χ2v) is 6.17. The number of hydrogen-bond acceptors (Lipinski definition) is 3. The molecule has 0 radical (unpaired) electrons. The molecule has 1 N–H and O–H groups in total. The number of H-pyrrole nitrogens is 1. The lowest BCUT2D eigenvalue weighted by Gasteiger charge is -2.19. The summed E-state index contributed by atoms with van der Waals surface area (Å²) in [4.78, 5) is 6.35. The highest BCUT2D eigenvalue weighted by Gasteiger charge is 2.22. The van der Waals surface area contributed by atoms with E-state index in [9.17, 15) is 8.42 Å². The summed E-state index contributed by atoms with van der Waals surface area (Å²) in [6, 6.07) is 5.67. The van der Waals surface area contributed by atoms with E-state index in [2.05, 4.69) is 9.97 Å². The number of nitrogens with one attached hydrogen (secondary N) is 1. The van der Waals surface area contributed by atoms with Crippen molar-refractivity contribution in [1.29, 1.82) is 0 Å². The van der Waals surface area contributed by atoms with Gasteiger partial charge in [0.15, 0.2) is 5.03 Å². The zero-order chi connectivity index (χ0) is 13.3. The van der Waals surface area contributed by atoms with Gasteiger partial charge in [0.1, 0.15) is 0 Å². The number of imidazole rings is 1. The second kappa shape index (κ2) is 4.45. The maximum atomic E-state index is 12.3. The molecule has 0 fully saturated rings. The van der Waals surface area contributed by atoms with Crippen LogP contribution in [0.4, 0.5) is 5.69 Å². The summed E-state index contributed by atoms with van der Waals surface area (Å²) in [6.07, 6.45) is 2.65. The number of aromatic nitrogens is 2. The molecule has 6 heteroatoms. The Morgan fingerprint density at radius 2 is 1.78 bits per heavy atom. The van der Waals surface area contributed by atoms with E-state index in [4.69, 9.17) is 0 Å². The number of aryl methyl sites for hydroxylation is 2. The van der Waals surface area contributed by atoms with Crippen molar-refractivity contribution in [3.05, 3.63) is 41.9 Å². The molecule has 0 aliphatic carbocycles. The molecule has 0 spiro atoms. The van der Waals surface area contributed by atoms with Crippen molar-refractivity contribution in [3.8, 4) is 0 Å². The van der Waals surface area contributed by atoms with E-state index >= 15 is 0 Å². The number of aromatic amines is 1. The first-order valence-electron chi connectivity index (χ1n) is 5.47. The number of nitrogens with zero attached hydrogens (tertiary/aromatic N) is 2. The molecule has 1 heterocycles. The van der Waals surface area contributed by atoms with Gasteiger partial charge in [-0.05, 0) is 37.1 Å². The Bertz CT molecular complexity index is 628. The first-order chi connectivity index (χ1) is 8.41. The molecule has 0 saturated carbocycles. The van der Waals surface area contributed by atoms with E-state index in [1.54, 1.807) is 0 Å². The lowest BCUT2D eigenvalue weighted by molar-refractivity contribution is 0.591. The van der Waals surface area contributed by atoms with E-state index in [0.717, 1.165) is 11.1 Å². The maximum absolute atomic E-state index is 12.3. The fourth-order valence-corrected chi connectivity index (χ4v) is 2.88. The summed E-state index contributed by atoms with van der Waals surface area (Å²) in [6.45, 7) is 3.88. The smallest absolute Gasteiger partial charge is 0.281 e. The Morgan fingerprint density at radius 3 is 2.28 bits per heavy atom. The third-order valence-corrected chi connectivity index (χ3v) is 4.39. The van der Waals surface area contributed by atoms with Crippen molar-refractivity contribution >= 4 is 15.7 Å². The van der Waals surface area contributed by atoms with Crippen LogP contribution in [-0.2, 0) is 10.0 Å². The molecule has 2 aromatic rings. The van der Waals surface area contributed by atoms with Gasteiger partial charge in [-0.25, -0.2) is 4.98 Å². The van der Waals surface area contributed by atoms with E-state index in [0.29, 0.717) is 5.69 Å². The van der Waals surface area contributed by atoms with E-state index in [-0.39, 0.29) is 5.03 Å². The second-order valence-electron chi connectivity index (χ2n) is 4.23. The zero-order valence-corrected chi connectivity index (χ0v) is 11.3. The van der Waals surface area contributed by atoms with Crippen molar-refractivity contribution in [3.63, 3.8) is 0 Å². The average molecular weight is 265 g/mol. The molecule has 0 aliphatic heterocycles. The van der Waals surface area contributed by atoms with Gasteiger partial charge in [-0.3, -0.25) is 4.31 Å². The Balaban J connectivity index is 2.46. The normalized spacial score (nSPS) is 11.5. The fourth-order valence-electron chi connectivity index (χ4n) is 1.80. The summed E-state index contributed by atoms with van der Waals surface area (Å²) in [7, 11) is -2.03. The number of hydrogen-bond donors (Lipinski definition) is 1. The SMILES string of the molecule is Cc1cc(C)cc(N(C)S(=O)(=O)c2cnc[nH]2)c1. The van der Waals surface area contributed by atoms with E-state index in [1.807, 2.05) is 32.0 Å². The summed E-state index contributed by atoms with van der Waals surface area (Å²) in [5.41, 5.74) is 2.69. The van der Waals surface area contributed by atoms with Gasteiger partial charge < -0.3 is 4.98 Å². The minimum Gasteiger partial charge on any atom is -0.334 e. The Morgan fingerprint density at radius 1 is 1.17 bits per heavy atom. The standard InChI is InChI=1S/C12H15N3O2S/c1-9-4-10(2)6-11(5-9)15(3)18(16,17)12-7-13-8-14-12/h4-8H,1-3H3,(H,13,14). The minimum atomic E-state index is -3.57. The molecule has 96 valence electrons. The molecule has 0 amide bonds. The summed E-state index contributed by atoms with van der Waals surface area (Å²) in [5.74, 6) is 0. The van der Waals surface area contributed by atoms with Gasteiger partial charge in [0, 0.05) is 7.05 Å². The third-order valence-electron chi connectivity index (χ3n) is 2.68. The zero-order valence-electron chi connectivity index (χ0n) is 10.5. The highest BCUT2D eigenvalue weighted by molar-refractivity contribution is 7.92. The summed E-state index contributed by atoms with van der Waals surface area (Å²) >= 11 is 0. The van der Waals surface area contributed by atoms with Gasteiger partial charge in [-0.1, -0.05) is 6.07 Å². The monoisotopic (exact) mass is 265 g/mol. The average Bonchev–Trinajstić information content (AvgIpc) is 2.80. The molecule has 0 atom stereocenters. The van der Waals surface area contributed by atoms with Crippen LogP contribution in [0.25, 0.3) is 0 Å². The summed E-state index contributed by atoms with van der Waals surface area (Å²) in [5, 5.41) is 0.0872. The Labute approximate surface area is 107 Å². The number of benzene rings is 1.